The van der Waals surface area contributed by atoms with E-state index in [0.29, 0.717) is 26.1 Å². The van der Waals surface area contributed by atoms with Crippen molar-refractivity contribution in [3.05, 3.63) is 30.1 Å². The molecular weight excluding hydrogens is 841 g/mol. The number of pyridine rings is 1. The number of rotatable bonds is 14. The lowest BCUT2D eigenvalue weighted by Gasteiger charge is -2.48. The van der Waals surface area contributed by atoms with Gasteiger partial charge in [0.15, 0.2) is 12.6 Å². The molecule has 1 aromatic heterocycles. The third-order valence-electron chi connectivity index (χ3n) is 14.2. The van der Waals surface area contributed by atoms with Gasteiger partial charge in [-0.3, -0.25) is 19.5 Å². The lowest BCUT2D eigenvalue weighted by Crippen LogP contribution is -2.61. The number of esters is 2. The van der Waals surface area contributed by atoms with Crippen LogP contribution in [0.3, 0.4) is 0 Å². The van der Waals surface area contributed by atoms with Gasteiger partial charge in [-0.05, 0) is 119 Å². The molecule has 0 bridgehead atoms. The van der Waals surface area contributed by atoms with Crippen LogP contribution in [0.4, 0.5) is 0 Å². The highest BCUT2D eigenvalue weighted by molar-refractivity contribution is 5.73. The number of carbonyl (C=O) groups is 2. The number of carbonyl (C=O) groups excluding carboxylic acids is 2. The smallest absolute Gasteiger partial charge is 0.311 e. The van der Waals surface area contributed by atoms with Crippen molar-refractivity contribution in [3.63, 3.8) is 0 Å². The molecule has 0 saturated carbocycles. The molecule has 3 saturated heterocycles. The van der Waals surface area contributed by atoms with Crippen molar-refractivity contribution in [2.24, 2.45) is 17.8 Å². The van der Waals surface area contributed by atoms with Gasteiger partial charge in [-0.1, -0.05) is 26.8 Å². The molecule has 17 heteroatoms. The molecule has 3 aliphatic heterocycles. The topological polar surface area (TPSA) is 211 Å². The molecule has 3 aliphatic rings. The first kappa shape index (κ1) is 55.2. The monoisotopic (exact) mass is 925 g/mol. The van der Waals surface area contributed by atoms with E-state index < -0.39 is 102 Å². The molecule has 0 radical (unpaired) electrons. The summed E-state index contributed by atoms with van der Waals surface area (Å²) in [4.78, 5) is 36.3. The Kier molecular flexibility index (Phi) is 20.2. The van der Waals surface area contributed by atoms with Crippen molar-refractivity contribution in [2.45, 2.75) is 198 Å². The predicted octanol–water partition coefficient (Wildman–Crippen LogP) is 3.07. The fourth-order valence-electron chi connectivity index (χ4n) is 10.2. The summed E-state index contributed by atoms with van der Waals surface area (Å²) in [5.41, 5.74) is -3.46. The summed E-state index contributed by atoms with van der Waals surface area (Å²) in [6.07, 6.45) is -4.26. The molecule has 18 atom stereocenters. The lowest BCUT2D eigenvalue weighted by atomic mass is 9.77. The maximum atomic E-state index is 14.7. The summed E-state index contributed by atoms with van der Waals surface area (Å²) < 4.78 is 44.4. The van der Waals surface area contributed by atoms with E-state index >= 15 is 0 Å². The zero-order valence-electron chi connectivity index (χ0n) is 41.6. The summed E-state index contributed by atoms with van der Waals surface area (Å²) in [5, 5.41) is 51.3. The number of nitrogens with one attached hydrogen (secondary N) is 1. The highest BCUT2D eigenvalue weighted by atomic mass is 16.7. The van der Waals surface area contributed by atoms with Crippen molar-refractivity contribution >= 4 is 11.9 Å². The average Bonchev–Trinajstić information content (AvgIpc) is 3.24. The largest absolute Gasteiger partial charge is 0.459 e. The summed E-state index contributed by atoms with van der Waals surface area (Å²) in [5.74, 6) is -3.31. The number of likely N-dealkylation sites (N-methyl/N-ethyl adjacent to an activating group) is 2. The third kappa shape index (κ3) is 14.1. The van der Waals surface area contributed by atoms with Gasteiger partial charge in [0, 0.05) is 57.0 Å². The lowest BCUT2D eigenvalue weighted by molar-refractivity contribution is -0.318. The molecule has 3 fully saturated rings. The van der Waals surface area contributed by atoms with Gasteiger partial charge in [0.2, 0.25) is 0 Å². The predicted molar refractivity (Wildman–Crippen MR) is 243 cm³/mol. The minimum Gasteiger partial charge on any atom is -0.459 e. The molecule has 374 valence electrons. The Bertz CT molecular complexity index is 1620. The minimum absolute atomic E-state index is 0.0374. The van der Waals surface area contributed by atoms with Crippen LogP contribution in [-0.2, 0) is 49.2 Å². The van der Waals surface area contributed by atoms with Crippen LogP contribution in [0, 0.1) is 17.8 Å². The number of methoxy groups -OCH3 is 1. The van der Waals surface area contributed by atoms with E-state index in [1.165, 1.54) is 14.0 Å². The van der Waals surface area contributed by atoms with Gasteiger partial charge in [-0.2, -0.15) is 0 Å². The standard InChI is InChI=1S/C48H84N4O13/c1-15-36-48(10,58)43(63-37(53)19-22-49-21-18-34-17-16-20-50-26-34)32(6)52(13)27-28(2)24-46(8,57)42(65-45-39(54)35(51(11)12)23-29(3)60-45)30(4)40(31(5)44(56)62-36)64-38-25-47(9,59-14)41(55)33(7)61-38/h16-17,20,26,28-33,35-36,38-43,45,49,54-55,57-58H,15,18-19,21-25,27H2,1-14H3/t28-,29-,30+,31-,32-,33+,35+,36-,38+,39-,40+,41+,42-,43-,45+,46+,47-,48-/m1/s1. The number of hydrogen-bond acceptors (Lipinski definition) is 17. The minimum atomic E-state index is -1.86. The Labute approximate surface area is 388 Å². The first-order chi connectivity index (χ1) is 30.4. The van der Waals surface area contributed by atoms with Crippen LogP contribution in [0.1, 0.15) is 107 Å². The Morgan fingerprint density at radius 1 is 1.02 bits per heavy atom. The van der Waals surface area contributed by atoms with Gasteiger partial charge in [0.1, 0.15) is 30.0 Å². The molecule has 0 spiro atoms. The van der Waals surface area contributed by atoms with Gasteiger partial charge in [0.25, 0.3) is 0 Å². The second-order valence-corrected chi connectivity index (χ2v) is 20.2. The molecule has 1 aromatic rings. The van der Waals surface area contributed by atoms with Gasteiger partial charge in [0.05, 0.1) is 48.0 Å². The Hall–Kier alpha value is -2.39. The molecule has 17 nitrogen and oxygen atoms in total. The number of aliphatic hydroxyl groups excluding tert-OH is 2. The van der Waals surface area contributed by atoms with Crippen LogP contribution in [0.25, 0.3) is 0 Å². The maximum Gasteiger partial charge on any atom is 0.311 e. The average molecular weight is 925 g/mol. The molecule has 5 N–H and O–H groups in total. The third-order valence-corrected chi connectivity index (χ3v) is 14.2. The van der Waals surface area contributed by atoms with Crippen molar-refractivity contribution in [2.75, 3.05) is 47.9 Å². The van der Waals surface area contributed by atoms with Gasteiger partial charge < -0.3 is 63.8 Å². The van der Waals surface area contributed by atoms with Gasteiger partial charge in [-0.25, -0.2) is 0 Å². The fourth-order valence-corrected chi connectivity index (χ4v) is 10.2. The number of nitrogens with zero attached hydrogens (tertiary/aromatic N) is 3. The molecule has 4 heterocycles. The van der Waals surface area contributed by atoms with E-state index in [-0.39, 0.29) is 43.7 Å². The summed E-state index contributed by atoms with van der Waals surface area (Å²) in [7, 11) is 7.14. The van der Waals surface area contributed by atoms with Gasteiger partial charge >= 0.3 is 11.9 Å². The molecule has 0 aromatic carbocycles. The first-order valence-corrected chi connectivity index (χ1v) is 23.7. The van der Waals surface area contributed by atoms with Crippen LogP contribution >= 0.6 is 0 Å². The Morgan fingerprint density at radius 3 is 2.32 bits per heavy atom. The van der Waals surface area contributed by atoms with E-state index in [2.05, 4.69) is 10.3 Å². The van der Waals surface area contributed by atoms with Crippen LogP contribution in [0.5, 0.6) is 0 Å². The van der Waals surface area contributed by atoms with Crippen LogP contribution < -0.4 is 5.32 Å². The molecular formula is C48H84N4O13. The highest BCUT2D eigenvalue weighted by Crippen LogP contribution is 2.40. The molecule has 4 rings (SSSR count). The van der Waals surface area contributed by atoms with Crippen LogP contribution in [-0.4, -0.2) is 185 Å². The van der Waals surface area contributed by atoms with E-state index in [4.69, 9.17) is 33.2 Å². The number of cyclic esters (lactones) is 1. The van der Waals surface area contributed by atoms with Crippen molar-refractivity contribution in [1.29, 1.82) is 0 Å². The number of aliphatic hydroxyl groups is 4. The molecule has 65 heavy (non-hydrogen) atoms. The first-order valence-electron chi connectivity index (χ1n) is 23.7. The normalized spacial score (nSPS) is 41.9. The quantitative estimate of drug-likeness (QED) is 0.134. The second kappa shape index (κ2) is 23.8. The molecule has 0 unspecified atom stereocenters. The second-order valence-electron chi connectivity index (χ2n) is 20.2. The fraction of sp³-hybridized carbons (Fsp3) is 0.854. The van der Waals surface area contributed by atoms with E-state index in [1.807, 2.05) is 70.8 Å². The maximum absolute atomic E-state index is 14.7. The van der Waals surface area contributed by atoms with Crippen LogP contribution in [0.15, 0.2) is 24.5 Å². The SMILES string of the molecule is CC[C@H]1OC(=O)[C@H](C)[C@@H](O[C@H]2C[C@@](C)(OC)[C@@H](O)[C@H](C)O2)[C@H](C)[C@@H](O[C@@H]2O[C@H](C)C[C@H](N(C)C)[C@H]2O)[C@@](C)(O)C[C@@H](C)CN(C)[C@H](C)[C@@H](OC(=O)CCNCCc2cccnc2)[C@]1(C)O. The van der Waals surface area contributed by atoms with E-state index in [1.54, 1.807) is 47.0 Å². The van der Waals surface area contributed by atoms with Crippen molar-refractivity contribution < 1.29 is 63.2 Å². The zero-order chi connectivity index (χ0) is 48.6. The van der Waals surface area contributed by atoms with E-state index in [0.717, 1.165) is 12.0 Å². The van der Waals surface area contributed by atoms with E-state index in [9.17, 15) is 30.0 Å². The number of hydrogen-bond donors (Lipinski definition) is 5. The Morgan fingerprint density at radius 2 is 1.71 bits per heavy atom. The van der Waals surface area contributed by atoms with Gasteiger partial charge in [-0.15, -0.1) is 0 Å². The summed E-state index contributed by atoms with van der Waals surface area (Å²) in [6, 6.07) is 2.99. The van der Waals surface area contributed by atoms with Crippen LogP contribution in [0.2, 0.25) is 0 Å². The molecule has 0 aliphatic carbocycles. The van der Waals surface area contributed by atoms with Crippen molar-refractivity contribution in [3.8, 4) is 0 Å². The molecule has 0 amide bonds. The Balaban J connectivity index is 1.73. The summed E-state index contributed by atoms with van der Waals surface area (Å²) in [6.45, 7) is 19.1. The number of ether oxygens (including phenoxy) is 7. The zero-order valence-corrected chi connectivity index (χ0v) is 41.6. The summed E-state index contributed by atoms with van der Waals surface area (Å²) >= 11 is 0. The highest BCUT2D eigenvalue weighted by Gasteiger charge is 2.53. The number of aromatic nitrogens is 1. The van der Waals surface area contributed by atoms with Crippen molar-refractivity contribution in [1.82, 2.24) is 20.1 Å².